The first-order valence-electron chi connectivity index (χ1n) is 4.55. The average Bonchev–Trinajstić information content (AvgIpc) is 2.02. The first-order chi connectivity index (χ1) is 6.08. The summed E-state index contributed by atoms with van der Waals surface area (Å²) >= 11 is 0. The molecule has 0 bridgehead atoms. The fourth-order valence-corrected chi connectivity index (χ4v) is 1.79. The Labute approximate surface area is 79.0 Å². The van der Waals surface area contributed by atoms with E-state index in [9.17, 15) is 0 Å². The third-order valence-corrected chi connectivity index (χ3v) is 2.29. The molecule has 1 aromatic carbocycles. The molecule has 0 atom stereocenters. The Bertz CT molecular complexity index is 350. The predicted molar refractivity (Wildman–Crippen MR) is 54.8 cm³/mol. The summed E-state index contributed by atoms with van der Waals surface area (Å²) in [4.78, 5) is 0. The first-order valence-corrected chi connectivity index (χ1v) is 4.55. The van der Waals surface area contributed by atoms with Crippen molar-refractivity contribution >= 4 is 5.57 Å². The van der Waals surface area contributed by atoms with Crippen LogP contribution in [-0.2, 0) is 0 Å². The zero-order valence-electron chi connectivity index (χ0n) is 8.13. The molecule has 1 heterocycles. The fourth-order valence-electron chi connectivity index (χ4n) is 1.79. The first kappa shape index (κ1) is 8.36. The van der Waals surface area contributed by atoms with Gasteiger partial charge in [0.2, 0.25) is 0 Å². The number of fused-ring (bicyclic) bond motifs is 1. The molecular formula is C12H14O. The van der Waals surface area contributed by atoms with E-state index in [1.54, 1.807) is 0 Å². The van der Waals surface area contributed by atoms with Gasteiger partial charge in [-0.05, 0) is 25.5 Å². The van der Waals surface area contributed by atoms with E-state index in [1.807, 2.05) is 18.2 Å². The van der Waals surface area contributed by atoms with Gasteiger partial charge < -0.3 is 4.74 Å². The van der Waals surface area contributed by atoms with Crippen LogP contribution in [0.15, 0.2) is 30.8 Å². The number of ether oxygens (including phenoxy) is 1. The molecule has 68 valence electrons. The van der Waals surface area contributed by atoms with Crippen molar-refractivity contribution in [3.05, 3.63) is 36.4 Å². The van der Waals surface area contributed by atoms with Gasteiger partial charge in [-0.2, -0.15) is 0 Å². The summed E-state index contributed by atoms with van der Waals surface area (Å²) in [6, 6.07) is 8.08. The van der Waals surface area contributed by atoms with Gasteiger partial charge in [0.15, 0.2) is 0 Å². The minimum atomic E-state index is -0.106. The van der Waals surface area contributed by atoms with Gasteiger partial charge in [0.1, 0.15) is 11.4 Å². The molecule has 0 fully saturated rings. The molecule has 0 aliphatic carbocycles. The Morgan fingerprint density at radius 2 is 2.00 bits per heavy atom. The van der Waals surface area contributed by atoms with E-state index in [2.05, 4.69) is 26.5 Å². The molecule has 2 rings (SSSR count). The van der Waals surface area contributed by atoms with Crippen molar-refractivity contribution in [3.63, 3.8) is 0 Å². The third-order valence-electron chi connectivity index (χ3n) is 2.29. The van der Waals surface area contributed by atoms with Crippen LogP contribution in [0.1, 0.15) is 25.8 Å². The quantitative estimate of drug-likeness (QED) is 0.586. The van der Waals surface area contributed by atoms with Crippen LogP contribution in [0.5, 0.6) is 5.75 Å². The van der Waals surface area contributed by atoms with E-state index < -0.39 is 0 Å². The summed E-state index contributed by atoms with van der Waals surface area (Å²) in [5.74, 6) is 0.962. The maximum Gasteiger partial charge on any atom is 0.127 e. The summed E-state index contributed by atoms with van der Waals surface area (Å²) < 4.78 is 5.83. The van der Waals surface area contributed by atoms with E-state index in [4.69, 9.17) is 4.74 Å². The van der Waals surface area contributed by atoms with Crippen molar-refractivity contribution < 1.29 is 4.74 Å². The Kier molecular flexibility index (Phi) is 1.69. The van der Waals surface area contributed by atoms with E-state index in [0.717, 1.165) is 17.7 Å². The van der Waals surface area contributed by atoms with Gasteiger partial charge in [0.25, 0.3) is 0 Å². The molecule has 0 saturated carbocycles. The lowest BCUT2D eigenvalue weighted by Crippen LogP contribution is -2.31. The number of hydrogen-bond donors (Lipinski definition) is 0. The molecule has 0 aromatic heterocycles. The minimum Gasteiger partial charge on any atom is -0.487 e. The van der Waals surface area contributed by atoms with Crippen LogP contribution in [0.3, 0.4) is 0 Å². The molecule has 0 amide bonds. The van der Waals surface area contributed by atoms with Crippen molar-refractivity contribution in [2.24, 2.45) is 0 Å². The maximum atomic E-state index is 5.83. The topological polar surface area (TPSA) is 9.23 Å². The lowest BCUT2D eigenvalue weighted by Gasteiger charge is -2.33. The van der Waals surface area contributed by atoms with Crippen LogP contribution in [-0.4, -0.2) is 5.60 Å². The van der Waals surface area contributed by atoms with Crippen molar-refractivity contribution in [3.8, 4) is 5.75 Å². The van der Waals surface area contributed by atoms with Crippen LogP contribution in [0.2, 0.25) is 0 Å². The van der Waals surface area contributed by atoms with Crippen LogP contribution in [0.4, 0.5) is 0 Å². The van der Waals surface area contributed by atoms with E-state index in [0.29, 0.717) is 0 Å². The van der Waals surface area contributed by atoms with Crippen molar-refractivity contribution in [2.45, 2.75) is 25.9 Å². The lowest BCUT2D eigenvalue weighted by atomic mass is 9.91. The van der Waals surface area contributed by atoms with Crippen LogP contribution >= 0.6 is 0 Å². The summed E-state index contributed by atoms with van der Waals surface area (Å²) in [5, 5.41) is 0. The molecule has 1 aromatic rings. The van der Waals surface area contributed by atoms with Gasteiger partial charge >= 0.3 is 0 Å². The van der Waals surface area contributed by atoms with Gasteiger partial charge in [0.05, 0.1) is 0 Å². The largest absolute Gasteiger partial charge is 0.487 e. The Morgan fingerprint density at radius 1 is 1.31 bits per heavy atom. The Balaban J connectivity index is 2.49. The molecule has 1 aliphatic rings. The molecule has 1 nitrogen and oxygen atoms in total. The number of hydrogen-bond acceptors (Lipinski definition) is 1. The Morgan fingerprint density at radius 3 is 2.77 bits per heavy atom. The van der Waals surface area contributed by atoms with Gasteiger partial charge in [-0.25, -0.2) is 0 Å². The molecule has 0 N–H and O–H groups in total. The number of rotatable bonds is 0. The fraction of sp³-hybridized carbons (Fsp3) is 0.333. The zero-order chi connectivity index (χ0) is 9.47. The second kappa shape index (κ2) is 2.63. The number of benzene rings is 1. The van der Waals surface area contributed by atoms with E-state index in [1.165, 1.54) is 5.57 Å². The second-order valence-corrected chi connectivity index (χ2v) is 4.14. The van der Waals surface area contributed by atoms with Gasteiger partial charge in [-0.1, -0.05) is 24.8 Å². The Hall–Kier alpha value is -1.24. The smallest absolute Gasteiger partial charge is 0.127 e. The molecular weight excluding hydrogens is 160 g/mol. The monoisotopic (exact) mass is 174 g/mol. The predicted octanol–water partition coefficient (Wildman–Crippen LogP) is 3.26. The highest BCUT2D eigenvalue weighted by Crippen LogP contribution is 2.38. The molecule has 0 saturated heterocycles. The van der Waals surface area contributed by atoms with E-state index in [-0.39, 0.29) is 5.60 Å². The highest BCUT2D eigenvalue weighted by Gasteiger charge is 2.28. The zero-order valence-corrected chi connectivity index (χ0v) is 8.13. The van der Waals surface area contributed by atoms with Gasteiger partial charge in [0, 0.05) is 12.0 Å². The van der Waals surface area contributed by atoms with E-state index >= 15 is 0 Å². The van der Waals surface area contributed by atoms with Crippen molar-refractivity contribution in [1.82, 2.24) is 0 Å². The molecule has 1 aliphatic heterocycles. The second-order valence-electron chi connectivity index (χ2n) is 4.14. The highest BCUT2D eigenvalue weighted by molar-refractivity contribution is 5.71. The van der Waals surface area contributed by atoms with Gasteiger partial charge in [-0.15, -0.1) is 0 Å². The van der Waals surface area contributed by atoms with Gasteiger partial charge in [-0.3, -0.25) is 0 Å². The van der Waals surface area contributed by atoms with Crippen molar-refractivity contribution in [2.75, 3.05) is 0 Å². The molecule has 0 unspecified atom stereocenters. The maximum absolute atomic E-state index is 5.83. The van der Waals surface area contributed by atoms with Crippen LogP contribution in [0.25, 0.3) is 5.57 Å². The lowest BCUT2D eigenvalue weighted by molar-refractivity contribution is 0.108. The molecule has 13 heavy (non-hydrogen) atoms. The van der Waals surface area contributed by atoms with Crippen LogP contribution < -0.4 is 4.74 Å². The molecule has 0 radical (unpaired) electrons. The summed E-state index contributed by atoms with van der Waals surface area (Å²) in [6.45, 7) is 8.25. The van der Waals surface area contributed by atoms with Crippen molar-refractivity contribution in [1.29, 1.82) is 0 Å². The van der Waals surface area contributed by atoms with Crippen LogP contribution in [0, 0.1) is 0 Å². The number of para-hydroxylation sites is 1. The normalized spacial score (nSPS) is 19.1. The summed E-state index contributed by atoms with van der Waals surface area (Å²) in [5.41, 5.74) is 2.22. The summed E-state index contributed by atoms with van der Waals surface area (Å²) in [6.07, 6.45) is 0.907. The summed E-state index contributed by atoms with van der Waals surface area (Å²) in [7, 11) is 0. The standard InChI is InChI=1S/C12H14O/c1-9-8-12(2,3)13-11-7-5-4-6-10(9)11/h4-7H,1,8H2,2-3H3. The minimum absolute atomic E-state index is 0.106. The third kappa shape index (κ3) is 1.46. The average molecular weight is 174 g/mol. The highest BCUT2D eigenvalue weighted by atomic mass is 16.5. The SMILES string of the molecule is C=C1CC(C)(C)Oc2ccccc21. The molecule has 1 heteroatoms. The molecule has 0 spiro atoms.